The van der Waals surface area contributed by atoms with Gasteiger partial charge in [0.05, 0.1) is 11.5 Å². The number of aliphatic imine (C=N–C) groups is 1. The van der Waals surface area contributed by atoms with Gasteiger partial charge in [0.15, 0.2) is 5.96 Å². The molecule has 2 rings (SSSR count). The van der Waals surface area contributed by atoms with Crippen molar-refractivity contribution in [3.63, 3.8) is 0 Å². The summed E-state index contributed by atoms with van der Waals surface area (Å²) in [5.74, 6) is 0.846. The summed E-state index contributed by atoms with van der Waals surface area (Å²) in [6.07, 6.45) is 0. The van der Waals surface area contributed by atoms with Crippen molar-refractivity contribution in [1.29, 1.82) is 0 Å². The highest BCUT2D eigenvalue weighted by atomic mass is 127. The van der Waals surface area contributed by atoms with Gasteiger partial charge >= 0.3 is 0 Å². The third kappa shape index (κ3) is 7.58. The van der Waals surface area contributed by atoms with Crippen molar-refractivity contribution in [2.75, 3.05) is 39.8 Å². The lowest BCUT2D eigenvalue weighted by atomic mass is 10.2. The molecule has 0 aliphatic carbocycles. The highest BCUT2D eigenvalue weighted by molar-refractivity contribution is 14.0. The lowest BCUT2D eigenvalue weighted by Crippen LogP contribution is -2.54. The second-order valence-electron chi connectivity index (χ2n) is 6.81. The fraction of sp³-hybridized carbons (Fsp3) is 0.556. The first-order chi connectivity index (χ1) is 12.9. The Bertz CT molecular complexity index is 672. The number of benzene rings is 1. The molecule has 1 aliphatic rings. The van der Waals surface area contributed by atoms with Crippen LogP contribution in [-0.4, -0.2) is 72.4 Å². The predicted molar refractivity (Wildman–Crippen MR) is 120 cm³/mol. The number of nitro groups is 1. The lowest BCUT2D eigenvalue weighted by molar-refractivity contribution is -0.384. The summed E-state index contributed by atoms with van der Waals surface area (Å²) < 4.78 is 0. The van der Waals surface area contributed by atoms with Crippen LogP contribution in [0, 0.1) is 10.1 Å². The van der Waals surface area contributed by atoms with Crippen molar-refractivity contribution < 1.29 is 9.72 Å². The number of amides is 1. The fourth-order valence-electron chi connectivity index (χ4n) is 2.94. The summed E-state index contributed by atoms with van der Waals surface area (Å²) in [6, 6.07) is 6.63. The molecule has 2 N–H and O–H groups in total. The zero-order valence-corrected chi connectivity index (χ0v) is 18.9. The Morgan fingerprint density at radius 1 is 1.21 bits per heavy atom. The monoisotopic (exact) mass is 504 g/mol. The molecule has 0 aromatic heterocycles. The Morgan fingerprint density at radius 2 is 1.82 bits per heavy atom. The summed E-state index contributed by atoms with van der Waals surface area (Å²) >= 11 is 0. The second-order valence-corrected chi connectivity index (χ2v) is 6.81. The molecular formula is C18H29IN6O3. The molecule has 0 radical (unpaired) electrons. The maximum absolute atomic E-state index is 11.9. The van der Waals surface area contributed by atoms with Gasteiger partial charge in [-0.3, -0.25) is 24.8 Å². The normalized spacial score (nSPS) is 15.1. The molecular weight excluding hydrogens is 475 g/mol. The number of nitrogens with one attached hydrogen (secondary N) is 2. The van der Waals surface area contributed by atoms with Crippen LogP contribution in [0.25, 0.3) is 0 Å². The number of hydrogen-bond donors (Lipinski definition) is 2. The van der Waals surface area contributed by atoms with E-state index >= 15 is 0 Å². The minimum atomic E-state index is -0.406. The molecule has 0 saturated carbocycles. The van der Waals surface area contributed by atoms with Crippen LogP contribution >= 0.6 is 24.0 Å². The quantitative estimate of drug-likeness (QED) is 0.200. The highest BCUT2D eigenvalue weighted by Gasteiger charge is 2.21. The summed E-state index contributed by atoms with van der Waals surface area (Å²) in [6.45, 7) is 8.03. The van der Waals surface area contributed by atoms with Crippen LogP contribution in [0.3, 0.4) is 0 Å². The van der Waals surface area contributed by atoms with E-state index in [9.17, 15) is 14.9 Å². The van der Waals surface area contributed by atoms with Gasteiger partial charge < -0.3 is 15.5 Å². The Hall–Kier alpha value is -1.95. The van der Waals surface area contributed by atoms with Crippen molar-refractivity contribution in [2.24, 2.45) is 4.99 Å². The van der Waals surface area contributed by atoms with Crippen molar-refractivity contribution in [2.45, 2.75) is 26.4 Å². The average molecular weight is 504 g/mol. The van der Waals surface area contributed by atoms with Crippen LogP contribution in [0.4, 0.5) is 5.69 Å². The molecule has 0 bridgehead atoms. The Kier molecular flexibility index (Phi) is 10.1. The molecule has 10 heteroatoms. The van der Waals surface area contributed by atoms with Crippen molar-refractivity contribution in [3.05, 3.63) is 39.9 Å². The largest absolute Gasteiger partial charge is 0.353 e. The number of guanidine groups is 1. The summed E-state index contributed by atoms with van der Waals surface area (Å²) in [5, 5.41) is 16.9. The van der Waals surface area contributed by atoms with E-state index in [2.05, 4.69) is 25.4 Å². The number of hydrogen-bond acceptors (Lipinski definition) is 5. The van der Waals surface area contributed by atoms with Crippen molar-refractivity contribution in [3.8, 4) is 0 Å². The fourth-order valence-corrected chi connectivity index (χ4v) is 2.94. The Morgan fingerprint density at radius 3 is 2.32 bits per heavy atom. The van der Waals surface area contributed by atoms with E-state index in [1.54, 1.807) is 19.2 Å². The number of carbonyl (C=O) groups is 1. The molecule has 9 nitrogen and oxygen atoms in total. The molecule has 0 spiro atoms. The smallest absolute Gasteiger partial charge is 0.269 e. The predicted octanol–water partition coefficient (Wildman–Crippen LogP) is 1.43. The van der Waals surface area contributed by atoms with E-state index < -0.39 is 4.92 Å². The average Bonchev–Trinajstić information content (AvgIpc) is 2.63. The molecule has 1 heterocycles. The van der Waals surface area contributed by atoms with Crippen LogP contribution in [0.2, 0.25) is 0 Å². The van der Waals surface area contributed by atoms with Crippen LogP contribution < -0.4 is 10.6 Å². The highest BCUT2D eigenvalue weighted by Crippen LogP contribution is 2.12. The van der Waals surface area contributed by atoms with E-state index in [0.29, 0.717) is 13.1 Å². The molecule has 1 aromatic rings. The van der Waals surface area contributed by atoms with E-state index in [0.717, 1.165) is 37.7 Å². The number of halogens is 1. The molecule has 1 aliphatic heterocycles. The van der Waals surface area contributed by atoms with Crippen molar-refractivity contribution in [1.82, 2.24) is 20.4 Å². The van der Waals surface area contributed by atoms with Crippen LogP contribution in [0.1, 0.15) is 19.4 Å². The van der Waals surface area contributed by atoms with Gasteiger partial charge in [-0.25, -0.2) is 0 Å². The summed E-state index contributed by atoms with van der Waals surface area (Å²) in [4.78, 5) is 30.8. The molecule has 28 heavy (non-hydrogen) atoms. The van der Waals surface area contributed by atoms with Gasteiger partial charge in [0, 0.05) is 57.9 Å². The number of nitro benzene ring substituents is 1. The zero-order valence-electron chi connectivity index (χ0n) is 16.6. The first kappa shape index (κ1) is 24.1. The molecule has 0 unspecified atom stereocenters. The zero-order chi connectivity index (χ0) is 19.8. The second kappa shape index (κ2) is 11.8. The molecule has 1 saturated heterocycles. The van der Waals surface area contributed by atoms with Crippen LogP contribution in [0.5, 0.6) is 0 Å². The first-order valence-corrected chi connectivity index (χ1v) is 9.09. The lowest BCUT2D eigenvalue weighted by Gasteiger charge is -2.36. The summed E-state index contributed by atoms with van der Waals surface area (Å²) in [7, 11) is 1.74. The Balaban J connectivity index is 0.00000392. The van der Waals surface area contributed by atoms with E-state index in [1.165, 1.54) is 12.1 Å². The molecule has 1 aromatic carbocycles. The number of rotatable bonds is 6. The van der Waals surface area contributed by atoms with Gasteiger partial charge in [0.1, 0.15) is 0 Å². The molecule has 156 valence electrons. The number of carbonyl (C=O) groups excluding carboxylic acids is 1. The third-order valence-corrected chi connectivity index (χ3v) is 4.30. The molecule has 1 amide bonds. The summed E-state index contributed by atoms with van der Waals surface area (Å²) in [5.41, 5.74) is 1.03. The van der Waals surface area contributed by atoms with Crippen LogP contribution in [-0.2, 0) is 11.3 Å². The maximum Gasteiger partial charge on any atom is 0.269 e. The van der Waals surface area contributed by atoms with Gasteiger partial charge in [-0.1, -0.05) is 12.1 Å². The van der Waals surface area contributed by atoms with E-state index in [1.807, 2.05) is 13.8 Å². The molecule has 0 atom stereocenters. The van der Waals surface area contributed by atoms with Gasteiger partial charge in [0.2, 0.25) is 5.91 Å². The number of non-ortho nitro benzene ring substituents is 1. The molecule has 1 fully saturated rings. The van der Waals surface area contributed by atoms with Gasteiger partial charge in [-0.05, 0) is 19.4 Å². The van der Waals surface area contributed by atoms with Gasteiger partial charge in [-0.15, -0.1) is 24.0 Å². The van der Waals surface area contributed by atoms with Gasteiger partial charge in [-0.2, -0.15) is 0 Å². The number of piperazine rings is 1. The maximum atomic E-state index is 11.9. The SMILES string of the molecule is CN=C(NCc1ccc([N+](=O)[O-])cc1)N1CCN(CC(=O)NC(C)C)CC1.I. The van der Waals surface area contributed by atoms with Crippen molar-refractivity contribution >= 4 is 41.5 Å². The Labute approximate surface area is 182 Å². The van der Waals surface area contributed by atoms with Crippen LogP contribution in [0.15, 0.2) is 29.3 Å². The van der Waals surface area contributed by atoms with E-state index in [-0.39, 0.29) is 41.6 Å². The third-order valence-electron chi connectivity index (χ3n) is 4.30. The van der Waals surface area contributed by atoms with E-state index in [4.69, 9.17) is 0 Å². The minimum Gasteiger partial charge on any atom is -0.353 e. The first-order valence-electron chi connectivity index (χ1n) is 9.09. The topological polar surface area (TPSA) is 103 Å². The minimum absolute atomic E-state index is 0. The van der Waals surface area contributed by atoms with Gasteiger partial charge in [0.25, 0.3) is 5.69 Å². The standard InChI is InChI=1S/C18H28N6O3.HI/c1-14(2)21-17(25)13-22-8-10-23(11-9-22)18(19-3)20-12-15-4-6-16(7-5-15)24(26)27;/h4-7,14H,8-13H2,1-3H3,(H,19,20)(H,21,25);1H. The number of nitrogens with zero attached hydrogens (tertiary/aromatic N) is 4.